The molecule has 224 valence electrons. The number of benzene rings is 3. The molecule has 1 aliphatic heterocycles. The summed E-state index contributed by atoms with van der Waals surface area (Å²) < 4.78 is 24.7. The molecule has 2 heterocycles. The van der Waals surface area contributed by atoms with E-state index < -0.39 is 47.7 Å². The minimum atomic E-state index is -1.59. The summed E-state index contributed by atoms with van der Waals surface area (Å²) in [5.74, 6) is 0.752. The molecular weight excluding hydrogens is 554 g/mol. The molecule has 0 radical (unpaired) electrons. The van der Waals surface area contributed by atoms with Crippen LogP contribution < -0.4 is 20.9 Å². The summed E-state index contributed by atoms with van der Waals surface area (Å²) in [5, 5.41) is 22.2. The van der Waals surface area contributed by atoms with Crippen LogP contribution in [0.5, 0.6) is 11.5 Å². The van der Waals surface area contributed by atoms with Crippen molar-refractivity contribution in [3.63, 3.8) is 0 Å². The van der Waals surface area contributed by atoms with Crippen LogP contribution in [-0.2, 0) is 19.9 Å². The highest BCUT2D eigenvalue weighted by atomic mass is 16.6. The lowest BCUT2D eigenvalue weighted by atomic mass is 9.79. The molecule has 1 unspecified atom stereocenters. The second-order valence-electron chi connectivity index (χ2n) is 10.2. The smallest absolute Gasteiger partial charge is 0.351 e. The maximum atomic E-state index is 13.4. The summed E-state index contributed by atoms with van der Waals surface area (Å²) in [6.07, 6.45) is -5.98. The normalized spacial score (nSPS) is 20.9. The van der Waals surface area contributed by atoms with Crippen molar-refractivity contribution in [2.75, 3.05) is 20.0 Å². The van der Waals surface area contributed by atoms with Crippen molar-refractivity contribution in [1.29, 1.82) is 0 Å². The van der Waals surface area contributed by atoms with Gasteiger partial charge >= 0.3 is 5.69 Å². The molecule has 3 aromatic carbocycles. The van der Waals surface area contributed by atoms with Gasteiger partial charge in [0, 0.05) is 6.20 Å². The molecule has 11 heteroatoms. The molecule has 1 aromatic heterocycles. The number of aliphatic hydroxyl groups excluding tert-OH is 2. The van der Waals surface area contributed by atoms with Crippen molar-refractivity contribution in [1.82, 2.24) is 9.55 Å². The minimum absolute atomic E-state index is 0.0117. The van der Waals surface area contributed by atoms with E-state index in [-0.39, 0.29) is 5.82 Å². The first-order valence-corrected chi connectivity index (χ1v) is 13.6. The maximum absolute atomic E-state index is 13.4. The van der Waals surface area contributed by atoms with Gasteiger partial charge in [0.25, 0.3) is 0 Å². The van der Waals surface area contributed by atoms with Gasteiger partial charge in [0.05, 0.1) is 14.2 Å². The summed E-state index contributed by atoms with van der Waals surface area (Å²) in [5.41, 5.74) is 5.40. The van der Waals surface area contributed by atoms with Gasteiger partial charge in [-0.1, -0.05) is 54.6 Å². The highest BCUT2D eigenvalue weighted by molar-refractivity contribution is 5.81. The quantitative estimate of drug-likeness (QED) is 0.236. The van der Waals surface area contributed by atoms with Crippen LogP contribution >= 0.6 is 0 Å². The summed E-state index contributed by atoms with van der Waals surface area (Å²) in [6.45, 7) is 1.31. The molecule has 0 bridgehead atoms. The standard InChI is InChI=1S/C32H33N3O8/c1-19(36)28(29-26(37)27(38)30(42-29)35-18-17-25(33)34-31(35)39)43-32(20-7-5-4-6-8-20,21-9-13-23(40-2)14-10-21)22-11-15-24(41-3)16-12-22/h4-18,26-30,37-38H,1-3H3,(H2,33,34,39)/t26-,27+,28?,29-,30+/m0/s1. The number of carbonyl (C=O) groups is 1. The first-order chi connectivity index (χ1) is 20.7. The molecule has 1 aliphatic rings. The van der Waals surface area contributed by atoms with Crippen LogP contribution in [0.2, 0.25) is 0 Å². The molecule has 5 rings (SSSR count). The lowest BCUT2D eigenvalue weighted by molar-refractivity contribution is -0.164. The summed E-state index contributed by atoms with van der Waals surface area (Å²) in [4.78, 5) is 29.6. The maximum Gasteiger partial charge on any atom is 0.351 e. The van der Waals surface area contributed by atoms with Crippen molar-refractivity contribution < 1.29 is 34.0 Å². The monoisotopic (exact) mass is 587 g/mol. The Balaban J connectivity index is 1.66. The van der Waals surface area contributed by atoms with Gasteiger partial charge in [0.2, 0.25) is 0 Å². The Hall–Kier alpha value is -4.55. The Labute approximate surface area is 248 Å². The van der Waals surface area contributed by atoms with Crippen LogP contribution in [0.25, 0.3) is 0 Å². The number of aliphatic hydroxyl groups is 2. The Morgan fingerprint density at radius 1 is 0.884 bits per heavy atom. The second-order valence-corrected chi connectivity index (χ2v) is 10.2. The second kappa shape index (κ2) is 12.4. The van der Waals surface area contributed by atoms with E-state index in [4.69, 9.17) is 24.7 Å². The SMILES string of the molecule is COc1ccc(C(OC(C(C)=O)[C@H]2O[C@@H](n3ccc(N)nc3=O)[C@H](O)[C@@H]2O)(c2ccccc2)c2ccc(OC)cc2)cc1. The number of rotatable bonds is 10. The van der Waals surface area contributed by atoms with E-state index in [1.807, 2.05) is 54.6 Å². The van der Waals surface area contributed by atoms with Crippen LogP contribution in [-0.4, -0.2) is 64.2 Å². The third-order valence-corrected chi connectivity index (χ3v) is 7.58. The fraction of sp³-hybridized carbons (Fsp3) is 0.281. The zero-order chi connectivity index (χ0) is 30.7. The van der Waals surface area contributed by atoms with E-state index in [0.717, 1.165) is 4.57 Å². The molecule has 43 heavy (non-hydrogen) atoms. The number of nitrogen functional groups attached to an aromatic ring is 1. The van der Waals surface area contributed by atoms with Crippen molar-refractivity contribution in [3.05, 3.63) is 118 Å². The van der Waals surface area contributed by atoms with Gasteiger partial charge in [-0.3, -0.25) is 9.36 Å². The molecule has 11 nitrogen and oxygen atoms in total. The van der Waals surface area contributed by atoms with E-state index >= 15 is 0 Å². The van der Waals surface area contributed by atoms with Crippen molar-refractivity contribution in [3.8, 4) is 11.5 Å². The predicted octanol–water partition coefficient (Wildman–Crippen LogP) is 2.43. The molecule has 1 saturated heterocycles. The molecule has 0 spiro atoms. The predicted molar refractivity (Wildman–Crippen MR) is 157 cm³/mol. The summed E-state index contributed by atoms with van der Waals surface area (Å²) in [7, 11) is 3.13. The van der Waals surface area contributed by atoms with E-state index in [9.17, 15) is 19.8 Å². The van der Waals surface area contributed by atoms with Gasteiger partial charge in [-0.05, 0) is 53.9 Å². The highest BCUT2D eigenvalue weighted by Crippen LogP contribution is 2.44. The van der Waals surface area contributed by atoms with Crippen LogP contribution in [0.4, 0.5) is 5.82 Å². The Kier molecular flexibility index (Phi) is 8.60. The number of ketones is 1. The highest BCUT2D eigenvalue weighted by Gasteiger charge is 2.52. The molecule has 0 amide bonds. The molecule has 0 aliphatic carbocycles. The molecule has 0 saturated carbocycles. The molecule has 5 atom stereocenters. The van der Waals surface area contributed by atoms with Gasteiger partial charge in [0.15, 0.2) is 12.0 Å². The summed E-state index contributed by atoms with van der Waals surface area (Å²) >= 11 is 0. The van der Waals surface area contributed by atoms with Gasteiger partial charge in [-0.25, -0.2) is 4.79 Å². The Morgan fingerprint density at radius 2 is 1.42 bits per heavy atom. The number of anilines is 1. The van der Waals surface area contributed by atoms with Gasteiger partial charge in [0.1, 0.15) is 47.3 Å². The number of nitrogens with two attached hydrogens (primary N) is 1. The van der Waals surface area contributed by atoms with Crippen molar-refractivity contribution >= 4 is 11.6 Å². The van der Waals surface area contributed by atoms with E-state index in [1.54, 1.807) is 38.5 Å². The number of Topliss-reactive ketones (excluding diaryl/α,β-unsaturated/α-hetero) is 1. The minimum Gasteiger partial charge on any atom is -0.497 e. The van der Waals surface area contributed by atoms with Gasteiger partial charge in [-0.2, -0.15) is 4.98 Å². The molecule has 4 N–H and O–H groups in total. The van der Waals surface area contributed by atoms with Crippen molar-refractivity contribution in [2.24, 2.45) is 0 Å². The molecule has 1 fully saturated rings. The van der Waals surface area contributed by atoms with Crippen LogP contribution in [0.15, 0.2) is 95.9 Å². The average molecular weight is 588 g/mol. The lowest BCUT2D eigenvalue weighted by Gasteiger charge is -2.40. The van der Waals surface area contributed by atoms with Crippen LogP contribution in [0, 0.1) is 0 Å². The van der Waals surface area contributed by atoms with E-state index in [0.29, 0.717) is 28.2 Å². The topological polar surface area (TPSA) is 155 Å². The third kappa shape index (κ3) is 5.63. The Morgan fingerprint density at radius 3 is 1.91 bits per heavy atom. The first kappa shape index (κ1) is 29.9. The zero-order valence-corrected chi connectivity index (χ0v) is 23.9. The number of hydrogen-bond donors (Lipinski definition) is 3. The van der Waals surface area contributed by atoms with E-state index in [2.05, 4.69) is 4.98 Å². The number of hydrogen-bond acceptors (Lipinski definition) is 10. The zero-order valence-electron chi connectivity index (χ0n) is 23.9. The number of methoxy groups -OCH3 is 2. The fourth-order valence-corrected chi connectivity index (χ4v) is 5.39. The molecule has 4 aromatic rings. The summed E-state index contributed by atoms with van der Waals surface area (Å²) in [6, 6.07) is 25.1. The lowest BCUT2D eigenvalue weighted by Crippen LogP contribution is -2.49. The van der Waals surface area contributed by atoms with Gasteiger partial charge < -0.3 is 34.9 Å². The number of nitrogens with zero attached hydrogens (tertiary/aromatic N) is 2. The molecular formula is C32H33N3O8. The number of ether oxygens (including phenoxy) is 4. The first-order valence-electron chi connectivity index (χ1n) is 13.6. The number of carbonyl (C=O) groups excluding carboxylic acids is 1. The van der Waals surface area contributed by atoms with Crippen LogP contribution in [0.1, 0.15) is 29.8 Å². The van der Waals surface area contributed by atoms with Crippen molar-refractivity contribution in [2.45, 2.75) is 43.2 Å². The fourth-order valence-electron chi connectivity index (χ4n) is 5.39. The third-order valence-electron chi connectivity index (χ3n) is 7.58. The van der Waals surface area contributed by atoms with Gasteiger partial charge in [-0.15, -0.1) is 0 Å². The number of aromatic nitrogens is 2. The van der Waals surface area contributed by atoms with Crippen LogP contribution in [0.3, 0.4) is 0 Å². The average Bonchev–Trinajstić information content (AvgIpc) is 3.31. The largest absolute Gasteiger partial charge is 0.497 e. The van der Waals surface area contributed by atoms with E-state index in [1.165, 1.54) is 19.2 Å². The Bertz CT molecular complexity index is 1560.